The Bertz CT molecular complexity index is 3840. The van der Waals surface area contributed by atoms with Crippen LogP contribution in [-0.4, -0.2) is 19.1 Å². The molecule has 0 bridgehead atoms. The first-order chi connectivity index (χ1) is 29.2. The van der Waals surface area contributed by atoms with E-state index in [9.17, 15) is 0 Å². The summed E-state index contributed by atoms with van der Waals surface area (Å²) in [5.41, 5.74) is 12.1. The van der Waals surface area contributed by atoms with E-state index < -0.39 is 0 Å². The van der Waals surface area contributed by atoms with Crippen molar-refractivity contribution in [2.75, 3.05) is 0 Å². The zero-order chi connectivity index (χ0) is 38.6. The maximum absolute atomic E-state index is 6.76. The third-order valence-electron chi connectivity index (χ3n) is 12.1. The van der Waals surface area contributed by atoms with Gasteiger partial charge in [-0.15, -0.1) is 0 Å². The molecule has 0 aliphatic carbocycles. The van der Waals surface area contributed by atoms with Crippen molar-refractivity contribution in [3.8, 4) is 34.0 Å². The first-order valence-electron chi connectivity index (χ1n) is 20.0. The van der Waals surface area contributed by atoms with Crippen LogP contribution in [0.4, 0.5) is 0 Å². The number of rotatable bonds is 4. The van der Waals surface area contributed by atoms with E-state index in [1.807, 2.05) is 0 Å². The number of fused-ring (bicyclic) bond motifs is 11. The number of aromatic nitrogens is 4. The molecule has 0 amide bonds. The first-order valence-corrected chi connectivity index (χ1v) is 20.0. The van der Waals surface area contributed by atoms with Crippen molar-refractivity contribution in [3.05, 3.63) is 194 Å². The summed E-state index contributed by atoms with van der Waals surface area (Å²) >= 11 is 0. The molecule has 0 aliphatic heterocycles. The van der Waals surface area contributed by atoms with Gasteiger partial charge >= 0.3 is 0 Å². The Hall–Kier alpha value is -8.02. The first kappa shape index (κ1) is 32.1. The summed E-state index contributed by atoms with van der Waals surface area (Å²) in [6.07, 6.45) is 0. The van der Waals surface area contributed by atoms with Gasteiger partial charge in [0.15, 0.2) is 0 Å². The SMILES string of the molecule is c1ccc(-c2cc(-c3nc(-n4c5ccccc5c5cc6c7ccccc7n(-c7ccccc7)c6cc54)nc4ccccc34)cc3c2oc2cc4ccccc4cc23)cc1. The molecule has 59 heavy (non-hydrogen) atoms. The highest BCUT2D eigenvalue weighted by Gasteiger charge is 2.22. The van der Waals surface area contributed by atoms with Crippen LogP contribution in [0.15, 0.2) is 199 Å². The predicted molar refractivity (Wildman–Crippen MR) is 244 cm³/mol. The van der Waals surface area contributed by atoms with Gasteiger partial charge in [0.2, 0.25) is 5.95 Å². The second-order valence-electron chi connectivity index (χ2n) is 15.4. The van der Waals surface area contributed by atoms with E-state index in [1.54, 1.807) is 0 Å². The number of benzene rings is 9. The van der Waals surface area contributed by atoms with E-state index in [4.69, 9.17) is 14.4 Å². The monoisotopic (exact) mass is 752 g/mol. The van der Waals surface area contributed by atoms with Gasteiger partial charge in [0.05, 0.1) is 33.3 Å². The van der Waals surface area contributed by atoms with Gasteiger partial charge in [0, 0.05) is 54.5 Å². The molecule has 13 aromatic rings. The highest BCUT2D eigenvalue weighted by atomic mass is 16.3. The topological polar surface area (TPSA) is 48.8 Å². The van der Waals surface area contributed by atoms with Gasteiger partial charge in [0.1, 0.15) is 11.2 Å². The molecule has 0 radical (unpaired) electrons. The number of hydrogen-bond donors (Lipinski definition) is 0. The summed E-state index contributed by atoms with van der Waals surface area (Å²) in [4.78, 5) is 10.9. The second-order valence-corrected chi connectivity index (χ2v) is 15.4. The molecular weight excluding hydrogens is 721 g/mol. The minimum absolute atomic E-state index is 0.621. The summed E-state index contributed by atoms with van der Waals surface area (Å²) < 4.78 is 11.4. The van der Waals surface area contributed by atoms with Gasteiger partial charge in [-0.2, -0.15) is 0 Å². The van der Waals surface area contributed by atoms with Crippen LogP contribution in [0, 0.1) is 0 Å². The standard InChI is InChI=1S/C54H32N4O/c1-3-15-33(16-4-1)41-28-36(29-45-44-27-34-17-7-8-18-35(34)30-51(44)59-53(41)45)52-40-23-9-12-24-46(40)55-54(56-52)58-48-26-14-11-22-39(48)43-31-42-38-21-10-13-25-47(38)57(49(42)32-50(43)58)37-19-5-2-6-20-37/h1-32H. The Labute approximate surface area is 337 Å². The molecule has 0 saturated heterocycles. The lowest BCUT2D eigenvalue weighted by Gasteiger charge is -2.13. The van der Waals surface area contributed by atoms with E-state index in [0.717, 1.165) is 93.6 Å². The van der Waals surface area contributed by atoms with Gasteiger partial charge in [-0.1, -0.05) is 127 Å². The van der Waals surface area contributed by atoms with Crippen LogP contribution in [0.1, 0.15) is 0 Å². The summed E-state index contributed by atoms with van der Waals surface area (Å²) in [6.45, 7) is 0. The van der Waals surface area contributed by atoms with E-state index in [0.29, 0.717) is 5.95 Å². The molecule has 274 valence electrons. The van der Waals surface area contributed by atoms with Crippen molar-refractivity contribution in [1.29, 1.82) is 0 Å². The Morgan fingerprint density at radius 1 is 0.373 bits per heavy atom. The molecule has 0 spiro atoms. The van der Waals surface area contributed by atoms with Gasteiger partial charge in [-0.25, -0.2) is 9.97 Å². The van der Waals surface area contributed by atoms with Crippen molar-refractivity contribution in [1.82, 2.24) is 19.1 Å². The Morgan fingerprint density at radius 2 is 0.983 bits per heavy atom. The van der Waals surface area contributed by atoms with Crippen LogP contribution >= 0.6 is 0 Å². The maximum Gasteiger partial charge on any atom is 0.235 e. The Balaban J connectivity index is 1.13. The van der Waals surface area contributed by atoms with E-state index in [2.05, 4.69) is 203 Å². The van der Waals surface area contributed by atoms with Crippen LogP contribution in [0.25, 0.3) is 121 Å². The van der Waals surface area contributed by atoms with Crippen LogP contribution in [-0.2, 0) is 0 Å². The predicted octanol–water partition coefficient (Wildman–Crippen LogP) is 14.2. The summed E-state index contributed by atoms with van der Waals surface area (Å²) in [5.74, 6) is 0.621. The Kier molecular flexibility index (Phi) is 6.66. The van der Waals surface area contributed by atoms with Crippen molar-refractivity contribution >= 4 is 87.2 Å². The largest absolute Gasteiger partial charge is 0.455 e. The Morgan fingerprint density at radius 3 is 1.75 bits per heavy atom. The summed E-state index contributed by atoms with van der Waals surface area (Å²) in [6, 6.07) is 68.9. The highest BCUT2D eigenvalue weighted by molar-refractivity contribution is 6.19. The van der Waals surface area contributed by atoms with Gasteiger partial charge in [-0.05, 0) is 83.1 Å². The fourth-order valence-electron chi connectivity index (χ4n) is 9.42. The second kappa shape index (κ2) is 12.2. The molecule has 0 saturated carbocycles. The fourth-order valence-corrected chi connectivity index (χ4v) is 9.42. The summed E-state index contributed by atoms with van der Waals surface area (Å²) in [5, 5.41) is 10.2. The number of furan rings is 1. The van der Waals surface area contributed by atoms with Crippen LogP contribution < -0.4 is 0 Å². The molecule has 9 aromatic carbocycles. The number of nitrogens with zero attached hydrogens (tertiary/aromatic N) is 4. The van der Waals surface area contributed by atoms with Crippen LogP contribution in [0.2, 0.25) is 0 Å². The normalized spacial score (nSPS) is 12.1. The zero-order valence-corrected chi connectivity index (χ0v) is 31.7. The molecular formula is C54H32N4O. The molecule has 0 atom stereocenters. The van der Waals surface area contributed by atoms with Crippen molar-refractivity contribution in [3.63, 3.8) is 0 Å². The quantitative estimate of drug-likeness (QED) is 0.180. The molecule has 0 fully saturated rings. The fraction of sp³-hybridized carbons (Fsp3) is 0. The zero-order valence-electron chi connectivity index (χ0n) is 31.7. The molecule has 13 rings (SSSR count). The van der Waals surface area contributed by atoms with E-state index in [1.165, 1.54) is 21.7 Å². The van der Waals surface area contributed by atoms with Crippen LogP contribution in [0.3, 0.4) is 0 Å². The van der Waals surface area contributed by atoms with Gasteiger partial charge < -0.3 is 8.98 Å². The maximum atomic E-state index is 6.76. The highest BCUT2D eigenvalue weighted by Crippen LogP contribution is 2.43. The van der Waals surface area contributed by atoms with Crippen LogP contribution in [0.5, 0.6) is 0 Å². The molecule has 4 aromatic heterocycles. The van der Waals surface area contributed by atoms with E-state index in [-0.39, 0.29) is 0 Å². The number of hydrogen-bond acceptors (Lipinski definition) is 3. The van der Waals surface area contributed by atoms with Gasteiger partial charge in [-0.3, -0.25) is 4.57 Å². The molecule has 5 nitrogen and oxygen atoms in total. The number of para-hydroxylation sites is 4. The third kappa shape index (κ3) is 4.73. The molecule has 0 N–H and O–H groups in total. The third-order valence-corrected chi connectivity index (χ3v) is 12.1. The molecule has 4 heterocycles. The van der Waals surface area contributed by atoms with Gasteiger partial charge in [0.25, 0.3) is 0 Å². The van der Waals surface area contributed by atoms with Crippen molar-refractivity contribution in [2.24, 2.45) is 0 Å². The summed E-state index contributed by atoms with van der Waals surface area (Å²) in [7, 11) is 0. The lowest BCUT2D eigenvalue weighted by molar-refractivity contribution is 0.670. The van der Waals surface area contributed by atoms with Crippen molar-refractivity contribution < 1.29 is 4.42 Å². The average Bonchev–Trinajstić information content (AvgIpc) is 3.94. The van der Waals surface area contributed by atoms with E-state index >= 15 is 0 Å². The minimum Gasteiger partial charge on any atom is -0.455 e. The average molecular weight is 753 g/mol. The smallest absolute Gasteiger partial charge is 0.235 e. The molecule has 0 aliphatic rings. The van der Waals surface area contributed by atoms with Crippen molar-refractivity contribution in [2.45, 2.75) is 0 Å². The minimum atomic E-state index is 0.621. The molecule has 0 unspecified atom stereocenters. The lowest BCUT2D eigenvalue weighted by atomic mass is 9.96. The molecule has 5 heteroatoms. The lowest BCUT2D eigenvalue weighted by Crippen LogP contribution is -2.03.